The van der Waals surface area contributed by atoms with Gasteiger partial charge in [0, 0.05) is 36.4 Å². The summed E-state index contributed by atoms with van der Waals surface area (Å²) >= 11 is 1.44. The van der Waals surface area contributed by atoms with E-state index in [0.29, 0.717) is 5.92 Å². The molecule has 1 fully saturated rings. The van der Waals surface area contributed by atoms with Crippen LogP contribution in [0.15, 0.2) is 24.5 Å². The van der Waals surface area contributed by atoms with Gasteiger partial charge in [-0.25, -0.2) is 4.98 Å². The summed E-state index contributed by atoms with van der Waals surface area (Å²) in [7, 11) is 0. The molecule has 0 spiro atoms. The summed E-state index contributed by atoms with van der Waals surface area (Å²) in [6.45, 7) is 0.757. The highest BCUT2D eigenvalue weighted by Gasteiger charge is 2.27. The number of hydrogen-bond acceptors (Lipinski definition) is 5. The molecule has 2 aromatic rings. The fourth-order valence-corrected chi connectivity index (χ4v) is 2.14. The van der Waals surface area contributed by atoms with E-state index in [1.54, 1.807) is 6.20 Å². The number of anilines is 1. The van der Waals surface area contributed by atoms with E-state index in [2.05, 4.69) is 19.7 Å². The van der Waals surface area contributed by atoms with Crippen molar-refractivity contribution in [2.24, 2.45) is 0 Å². The van der Waals surface area contributed by atoms with E-state index < -0.39 is 0 Å². The lowest BCUT2D eigenvalue weighted by atomic mass is 10.3. The molecule has 0 bridgehead atoms. The summed E-state index contributed by atoms with van der Waals surface area (Å²) in [5, 5.41) is 4.18. The van der Waals surface area contributed by atoms with Crippen LogP contribution in [-0.4, -0.2) is 14.3 Å². The summed E-state index contributed by atoms with van der Waals surface area (Å²) in [5.74, 6) is 1.64. The molecule has 5 heteroatoms. The van der Waals surface area contributed by atoms with Crippen molar-refractivity contribution in [1.82, 2.24) is 14.3 Å². The highest BCUT2D eigenvalue weighted by molar-refractivity contribution is 7.09. The Morgan fingerprint density at radius 3 is 3.12 bits per heavy atom. The maximum absolute atomic E-state index is 4.46. The maximum Gasteiger partial charge on any atom is 0.202 e. The molecule has 2 heterocycles. The van der Waals surface area contributed by atoms with Gasteiger partial charge in [0.25, 0.3) is 0 Å². The van der Waals surface area contributed by atoms with Crippen LogP contribution in [0.5, 0.6) is 0 Å². The molecule has 82 valence electrons. The molecule has 0 radical (unpaired) electrons. The van der Waals surface area contributed by atoms with Gasteiger partial charge in [0.1, 0.15) is 5.82 Å². The Balaban J connectivity index is 1.61. The molecule has 1 aliphatic carbocycles. The highest BCUT2D eigenvalue weighted by atomic mass is 32.1. The Hall–Kier alpha value is -1.49. The molecular weight excluding hydrogens is 220 g/mol. The predicted molar refractivity (Wildman–Crippen MR) is 63.4 cm³/mol. The average molecular weight is 232 g/mol. The fraction of sp³-hybridized carbons (Fsp3) is 0.364. The normalized spacial score (nSPS) is 15.0. The van der Waals surface area contributed by atoms with Crippen LogP contribution in [0.1, 0.15) is 30.1 Å². The largest absolute Gasteiger partial charge is 0.356 e. The monoisotopic (exact) mass is 232 g/mol. The molecule has 2 aromatic heterocycles. The van der Waals surface area contributed by atoms with Gasteiger partial charge in [0.05, 0.1) is 0 Å². The van der Waals surface area contributed by atoms with Gasteiger partial charge in [0.2, 0.25) is 5.13 Å². The van der Waals surface area contributed by atoms with Crippen LogP contribution in [0.3, 0.4) is 0 Å². The Kier molecular flexibility index (Phi) is 2.53. The van der Waals surface area contributed by atoms with Crippen molar-refractivity contribution in [2.45, 2.75) is 25.3 Å². The van der Waals surface area contributed by atoms with E-state index in [-0.39, 0.29) is 0 Å². The van der Waals surface area contributed by atoms with Crippen molar-refractivity contribution < 1.29 is 0 Å². The number of aromatic nitrogens is 3. The minimum atomic E-state index is 0.630. The Labute approximate surface area is 97.9 Å². The standard InChI is InChI=1S/C11H12N4S/c1-2-8(6-12-5-1)7-13-11-14-10(15-16-11)9-3-4-9/h1-2,5-6,9H,3-4,7H2,(H,13,14,15). The van der Waals surface area contributed by atoms with Crippen LogP contribution in [0, 0.1) is 0 Å². The van der Waals surface area contributed by atoms with E-state index >= 15 is 0 Å². The van der Waals surface area contributed by atoms with E-state index in [1.165, 1.54) is 24.4 Å². The minimum Gasteiger partial charge on any atom is -0.356 e. The van der Waals surface area contributed by atoms with Gasteiger partial charge in [0.15, 0.2) is 0 Å². The van der Waals surface area contributed by atoms with Crippen LogP contribution >= 0.6 is 11.5 Å². The Morgan fingerprint density at radius 1 is 1.44 bits per heavy atom. The van der Waals surface area contributed by atoms with Gasteiger partial charge in [-0.15, -0.1) is 0 Å². The topological polar surface area (TPSA) is 50.7 Å². The zero-order chi connectivity index (χ0) is 10.8. The average Bonchev–Trinajstić information content (AvgIpc) is 3.08. The third kappa shape index (κ3) is 2.19. The van der Waals surface area contributed by atoms with Crippen molar-refractivity contribution in [3.8, 4) is 0 Å². The second-order valence-electron chi connectivity index (χ2n) is 3.95. The van der Waals surface area contributed by atoms with Gasteiger partial charge < -0.3 is 5.32 Å². The molecule has 1 saturated carbocycles. The van der Waals surface area contributed by atoms with Crippen LogP contribution in [-0.2, 0) is 6.54 Å². The summed E-state index contributed by atoms with van der Waals surface area (Å²) in [4.78, 5) is 8.53. The third-order valence-electron chi connectivity index (χ3n) is 2.55. The van der Waals surface area contributed by atoms with Gasteiger partial charge in [-0.3, -0.25) is 4.98 Å². The summed E-state index contributed by atoms with van der Waals surface area (Å²) < 4.78 is 4.34. The molecule has 0 saturated heterocycles. The first-order valence-corrected chi connectivity index (χ1v) is 6.15. The van der Waals surface area contributed by atoms with Gasteiger partial charge >= 0.3 is 0 Å². The molecule has 0 amide bonds. The lowest BCUT2D eigenvalue weighted by Gasteiger charge is -2.00. The minimum absolute atomic E-state index is 0.630. The van der Waals surface area contributed by atoms with Crippen molar-refractivity contribution in [3.05, 3.63) is 35.9 Å². The smallest absolute Gasteiger partial charge is 0.202 e. The summed E-state index contributed by atoms with van der Waals surface area (Å²) in [6.07, 6.45) is 6.13. The Morgan fingerprint density at radius 2 is 2.38 bits per heavy atom. The molecule has 0 atom stereocenters. The fourth-order valence-electron chi connectivity index (χ4n) is 1.49. The van der Waals surface area contributed by atoms with Crippen molar-refractivity contribution in [2.75, 3.05) is 5.32 Å². The van der Waals surface area contributed by atoms with E-state index in [1.807, 2.05) is 18.3 Å². The van der Waals surface area contributed by atoms with Crippen molar-refractivity contribution in [1.29, 1.82) is 0 Å². The van der Waals surface area contributed by atoms with E-state index in [4.69, 9.17) is 0 Å². The Bertz CT molecular complexity index is 464. The zero-order valence-electron chi connectivity index (χ0n) is 8.76. The number of rotatable bonds is 4. The molecule has 16 heavy (non-hydrogen) atoms. The van der Waals surface area contributed by atoms with Gasteiger partial charge in [-0.2, -0.15) is 4.37 Å². The zero-order valence-corrected chi connectivity index (χ0v) is 9.57. The molecule has 4 nitrogen and oxygen atoms in total. The van der Waals surface area contributed by atoms with Crippen LogP contribution in [0.2, 0.25) is 0 Å². The summed E-state index contributed by atoms with van der Waals surface area (Å²) in [6, 6.07) is 3.98. The molecule has 1 aliphatic rings. The first kappa shape index (κ1) is 9.72. The van der Waals surface area contributed by atoms with Crippen LogP contribution in [0.4, 0.5) is 5.13 Å². The number of nitrogens with zero attached hydrogens (tertiary/aromatic N) is 3. The quantitative estimate of drug-likeness (QED) is 0.879. The molecule has 0 aromatic carbocycles. The lowest BCUT2D eigenvalue weighted by Crippen LogP contribution is -1.99. The molecule has 0 aliphatic heterocycles. The second-order valence-corrected chi connectivity index (χ2v) is 4.70. The first-order valence-electron chi connectivity index (χ1n) is 5.38. The van der Waals surface area contributed by atoms with Gasteiger partial charge in [-0.1, -0.05) is 6.07 Å². The predicted octanol–water partition coefficient (Wildman–Crippen LogP) is 2.42. The lowest BCUT2D eigenvalue weighted by molar-refractivity contribution is 0.979. The first-order chi connectivity index (χ1) is 7.92. The van der Waals surface area contributed by atoms with Crippen molar-refractivity contribution in [3.63, 3.8) is 0 Å². The number of hydrogen-bond donors (Lipinski definition) is 1. The number of nitrogens with one attached hydrogen (secondary N) is 1. The second kappa shape index (κ2) is 4.17. The molecule has 1 N–H and O–H groups in total. The molecule has 3 rings (SSSR count). The van der Waals surface area contributed by atoms with Crippen LogP contribution < -0.4 is 5.32 Å². The highest BCUT2D eigenvalue weighted by Crippen LogP contribution is 2.39. The molecular formula is C11H12N4S. The summed E-state index contributed by atoms with van der Waals surface area (Å²) in [5.41, 5.74) is 1.16. The van der Waals surface area contributed by atoms with Gasteiger partial charge in [-0.05, 0) is 24.5 Å². The molecule has 0 unspecified atom stereocenters. The maximum atomic E-state index is 4.46. The third-order valence-corrected chi connectivity index (χ3v) is 3.24. The van der Waals surface area contributed by atoms with E-state index in [0.717, 1.165) is 23.1 Å². The number of pyridine rings is 1. The SMILES string of the molecule is c1cncc(CNc2nc(C3CC3)ns2)c1. The van der Waals surface area contributed by atoms with Crippen molar-refractivity contribution >= 4 is 16.7 Å². The van der Waals surface area contributed by atoms with E-state index in [9.17, 15) is 0 Å². The van der Waals surface area contributed by atoms with Crippen LogP contribution in [0.25, 0.3) is 0 Å².